The number of rotatable bonds is 6. The van der Waals surface area contributed by atoms with Gasteiger partial charge in [-0.3, -0.25) is 0 Å². The lowest BCUT2D eigenvalue weighted by atomic mass is 9.81. The SMILES string of the molecule is COc1ccc(C)cc1C(CN)C(O)CC1CCCCC1. The van der Waals surface area contributed by atoms with Crippen LogP contribution in [0.5, 0.6) is 5.75 Å². The van der Waals surface area contributed by atoms with E-state index >= 15 is 0 Å². The van der Waals surface area contributed by atoms with Crippen molar-refractivity contribution in [1.29, 1.82) is 0 Å². The van der Waals surface area contributed by atoms with Crippen molar-refractivity contribution in [3.8, 4) is 5.75 Å². The smallest absolute Gasteiger partial charge is 0.122 e. The molecule has 1 fully saturated rings. The zero-order valence-electron chi connectivity index (χ0n) is 13.3. The van der Waals surface area contributed by atoms with Crippen LogP contribution < -0.4 is 10.5 Å². The molecule has 1 aliphatic carbocycles. The second kappa shape index (κ2) is 7.81. The van der Waals surface area contributed by atoms with Gasteiger partial charge in [-0.15, -0.1) is 0 Å². The van der Waals surface area contributed by atoms with Gasteiger partial charge in [0, 0.05) is 18.0 Å². The van der Waals surface area contributed by atoms with Crippen molar-refractivity contribution in [2.24, 2.45) is 11.7 Å². The van der Waals surface area contributed by atoms with E-state index in [0.717, 1.165) is 17.7 Å². The molecular formula is C18H29NO2. The van der Waals surface area contributed by atoms with E-state index in [1.54, 1.807) is 7.11 Å². The number of hydrogen-bond acceptors (Lipinski definition) is 3. The van der Waals surface area contributed by atoms with Crippen LogP contribution in [0, 0.1) is 12.8 Å². The van der Waals surface area contributed by atoms with Crippen LogP contribution in [-0.4, -0.2) is 24.9 Å². The summed E-state index contributed by atoms with van der Waals surface area (Å²) >= 11 is 0. The summed E-state index contributed by atoms with van der Waals surface area (Å²) < 4.78 is 5.46. The second-order valence-corrected chi connectivity index (χ2v) is 6.39. The van der Waals surface area contributed by atoms with E-state index in [1.807, 2.05) is 12.1 Å². The molecule has 21 heavy (non-hydrogen) atoms. The Morgan fingerprint density at radius 3 is 2.62 bits per heavy atom. The van der Waals surface area contributed by atoms with Crippen molar-refractivity contribution in [2.75, 3.05) is 13.7 Å². The summed E-state index contributed by atoms with van der Waals surface area (Å²) in [7, 11) is 1.68. The molecule has 0 saturated heterocycles. The third kappa shape index (κ3) is 4.21. The standard InChI is InChI=1S/C18H29NO2/c1-13-8-9-18(21-2)15(10-13)16(12-19)17(20)11-14-6-4-3-5-7-14/h8-10,14,16-17,20H,3-7,11-12,19H2,1-2H3. The molecule has 3 heteroatoms. The predicted octanol–water partition coefficient (Wildman–Crippen LogP) is 3.38. The Balaban J connectivity index is 2.12. The van der Waals surface area contributed by atoms with Gasteiger partial charge >= 0.3 is 0 Å². The summed E-state index contributed by atoms with van der Waals surface area (Å²) in [6.07, 6.45) is 6.93. The first kappa shape index (κ1) is 16.3. The number of methoxy groups -OCH3 is 1. The van der Waals surface area contributed by atoms with Gasteiger partial charge in [-0.1, -0.05) is 49.8 Å². The van der Waals surface area contributed by atoms with E-state index in [9.17, 15) is 5.11 Å². The lowest BCUT2D eigenvalue weighted by molar-refractivity contribution is 0.105. The van der Waals surface area contributed by atoms with E-state index in [-0.39, 0.29) is 12.0 Å². The molecule has 3 nitrogen and oxygen atoms in total. The van der Waals surface area contributed by atoms with Crippen molar-refractivity contribution in [3.05, 3.63) is 29.3 Å². The van der Waals surface area contributed by atoms with Gasteiger partial charge in [0.25, 0.3) is 0 Å². The topological polar surface area (TPSA) is 55.5 Å². The number of ether oxygens (including phenoxy) is 1. The van der Waals surface area contributed by atoms with Crippen LogP contribution in [0.3, 0.4) is 0 Å². The van der Waals surface area contributed by atoms with Crippen LogP contribution in [-0.2, 0) is 0 Å². The van der Waals surface area contributed by atoms with Gasteiger partial charge in [0.15, 0.2) is 0 Å². The minimum absolute atomic E-state index is 0.0400. The number of aliphatic hydroxyl groups is 1. The summed E-state index contributed by atoms with van der Waals surface area (Å²) in [4.78, 5) is 0. The van der Waals surface area contributed by atoms with E-state index in [2.05, 4.69) is 13.0 Å². The average Bonchev–Trinajstić information content (AvgIpc) is 2.49. The molecule has 1 aromatic carbocycles. The van der Waals surface area contributed by atoms with Gasteiger partial charge in [0.05, 0.1) is 13.2 Å². The molecule has 0 aliphatic heterocycles. The number of benzene rings is 1. The predicted molar refractivity (Wildman–Crippen MR) is 86.7 cm³/mol. The van der Waals surface area contributed by atoms with Crippen LogP contribution in [0.2, 0.25) is 0 Å². The van der Waals surface area contributed by atoms with Gasteiger partial charge in [-0.05, 0) is 25.3 Å². The molecule has 3 N–H and O–H groups in total. The Hall–Kier alpha value is -1.06. The van der Waals surface area contributed by atoms with Gasteiger partial charge in [0.1, 0.15) is 5.75 Å². The highest BCUT2D eigenvalue weighted by molar-refractivity contribution is 5.40. The van der Waals surface area contributed by atoms with Gasteiger partial charge in [-0.2, -0.15) is 0 Å². The second-order valence-electron chi connectivity index (χ2n) is 6.39. The highest BCUT2D eigenvalue weighted by atomic mass is 16.5. The molecule has 2 atom stereocenters. The van der Waals surface area contributed by atoms with Crippen molar-refractivity contribution < 1.29 is 9.84 Å². The molecule has 118 valence electrons. The van der Waals surface area contributed by atoms with Crippen LogP contribution in [0.25, 0.3) is 0 Å². The fourth-order valence-corrected chi connectivity index (χ4v) is 3.56. The van der Waals surface area contributed by atoms with Crippen molar-refractivity contribution in [1.82, 2.24) is 0 Å². The molecular weight excluding hydrogens is 262 g/mol. The molecule has 1 aromatic rings. The lowest BCUT2D eigenvalue weighted by Crippen LogP contribution is -2.29. The molecule has 0 radical (unpaired) electrons. The summed E-state index contributed by atoms with van der Waals surface area (Å²) in [6.45, 7) is 2.51. The maximum Gasteiger partial charge on any atom is 0.122 e. The molecule has 0 bridgehead atoms. The normalized spacial score (nSPS) is 19.2. The Kier molecular flexibility index (Phi) is 6.07. The molecule has 0 heterocycles. The number of nitrogens with two attached hydrogens (primary N) is 1. The van der Waals surface area contributed by atoms with Gasteiger partial charge < -0.3 is 15.6 Å². The molecule has 1 aliphatic rings. The first-order valence-corrected chi connectivity index (χ1v) is 8.18. The van der Waals surface area contributed by atoms with E-state index in [4.69, 9.17) is 10.5 Å². The molecule has 0 amide bonds. The Bertz CT molecular complexity index is 441. The zero-order chi connectivity index (χ0) is 15.2. The molecule has 1 saturated carbocycles. The molecule has 2 unspecified atom stereocenters. The first-order valence-electron chi connectivity index (χ1n) is 8.18. The van der Waals surface area contributed by atoms with Crippen LogP contribution in [0.4, 0.5) is 0 Å². The largest absolute Gasteiger partial charge is 0.496 e. The quantitative estimate of drug-likeness (QED) is 0.845. The summed E-state index contributed by atoms with van der Waals surface area (Å²) in [5, 5.41) is 10.7. The minimum atomic E-state index is -0.381. The summed E-state index contributed by atoms with van der Waals surface area (Å²) in [5.74, 6) is 1.44. The fraction of sp³-hybridized carbons (Fsp3) is 0.667. The zero-order valence-corrected chi connectivity index (χ0v) is 13.3. The van der Waals surface area contributed by atoms with Crippen molar-refractivity contribution >= 4 is 0 Å². The van der Waals surface area contributed by atoms with Gasteiger partial charge in [0.2, 0.25) is 0 Å². The summed E-state index contributed by atoms with van der Waals surface area (Å²) in [6, 6.07) is 6.10. The van der Waals surface area contributed by atoms with Crippen molar-refractivity contribution in [3.63, 3.8) is 0 Å². The Labute approximate surface area is 128 Å². The monoisotopic (exact) mass is 291 g/mol. The number of aliphatic hydroxyl groups excluding tert-OH is 1. The third-order valence-electron chi connectivity index (χ3n) is 4.80. The van der Waals surface area contributed by atoms with E-state index in [0.29, 0.717) is 12.5 Å². The first-order chi connectivity index (χ1) is 10.2. The van der Waals surface area contributed by atoms with Crippen LogP contribution >= 0.6 is 0 Å². The number of hydrogen-bond donors (Lipinski definition) is 2. The van der Waals surface area contributed by atoms with E-state index < -0.39 is 0 Å². The maximum atomic E-state index is 10.7. The highest BCUT2D eigenvalue weighted by Gasteiger charge is 2.26. The van der Waals surface area contributed by atoms with E-state index in [1.165, 1.54) is 37.7 Å². The van der Waals surface area contributed by atoms with Crippen LogP contribution in [0.15, 0.2) is 18.2 Å². The minimum Gasteiger partial charge on any atom is -0.496 e. The lowest BCUT2D eigenvalue weighted by Gasteiger charge is -2.29. The molecule has 0 aromatic heterocycles. The Morgan fingerprint density at radius 2 is 2.00 bits per heavy atom. The molecule has 2 rings (SSSR count). The average molecular weight is 291 g/mol. The number of aryl methyl sites for hydroxylation is 1. The Morgan fingerprint density at radius 1 is 1.29 bits per heavy atom. The van der Waals surface area contributed by atoms with Crippen molar-refractivity contribution in [2.45, 2.75) is 57.5 Å². The van der Waals surface area contributed by atoms with Gasteiger partial charge in [-0.25, -0.2) is 0 Å². The maximum absolute atomic E-state index is 10.7. The summed E-state index contributed by atoms with van der Waals surface area (Å²) in [5.41, 5.74) is 8.19. The van der Waals surface area contributed by atoms with Crippen LogP contribution in [0.1, 0.15) is 55.6 Å². The third-order valence-corrected chi connectivity index (χ3v) is 4.80. The molecule has 0 spiro atoms. The fourth-order valence-electron chi connectivity index (χ4n) is 3.56. The highest BCUT2D eigenvalue weighted by Crippen LogP contribution is 2.34.